The largest absolute Gasteiger partial charge is 0.341 e. The van der Waals surface area contributed by atoms with Crippen molar-refractivity contribution in [3.63, 3.8) is 0 Å². The fraction of sp³-hybridized carbons (Fsp3) is 0.917. The van der Waals surface area contributed by atoms with E-state index in [1.165, 1.54) is 6.42 Å². The van der Waals surface area contributed by atoms with E-state index >= 15 is 0 Å². The summed E-state index contributed by atoms with van der Waals surface area (Å²) in [5.74, 6) is 0.340. The summed E-state index contributed by atoms with van der Waals surface area (Å²) in [5, 5.41) is 1.00. The first kappa shape index (κ1) is 14.0. The third-order valence-corrected chi connectivity index (χ3v) is 3.81. The second-order valence-corrected chi connectivity index (χ2v) is 5.54. The Bertz CT molecular complexity index is 221. The van der Waals surface area contributed by atoms with E-state index in [0.29, 0.717) is 18.4 Å². The minimum Gasteiger partial charge on any atom is -0.341 e. The van der Waals surface area contributed by atoms with Gasteiger partial charge in [0.15, 0.2) is 0 Å². The second-order valence-electron chi connectivity index (χ2n) is 4.75. The Morgan fingerprint density at radius 3 is 2.81 bits per heavy atom. The number of halogens is 1. The van der Waals surface area contributed by atoms with E-state index < -0.39 is 0 Å². The molecule has 0 aromatic rings. The number of carbonyl (C=O) groups is 1. The Labute approximate surface area is 107 Å². The molecule has 1 saturated heterocycles. The predicted molar refractivity (Wildman–Crippen MR) is 70.9 cm³/mol. The Kier molecular flexibility index (Phi) is 6.36. The van der Waals surface area contributed by atoms with Crippen molar-refractivity contribution in [2.24, 2.45) is 0 Å². The average Bonchev–Trinajstić information content (AvgIpc) is 2.29. The van der Waals surface area contributed by atoms with Gasteiger partial charge in [-0.05, 0) is 39.8 Å². The van der Waals surface area contributed by atoms with Crippen LogP contribution in [0, 0.1) is 0 Å². The number of unbranched alkanes of at least 4 members (excludes halogenated alkanes) is 1. The molecule has 0 spiro atoms. The molecule has 0 radical (unpaired) electrons. The minimum atomic E-state index is 0.340. The molecule has 1 fully saturated rings. The summed E-state index contributed by atoms with van der Waals surface area (Å²) < 4.78 is 0. The van der Waals surface area contributed by atoms with E-state index in [1.807, 2.05) is 4.90 Å². The molecule has 1 unspecified atom stereocenters. The first-order valence-corrected chi connectivity index (χ1v) is 7.27. The number of rotatable bonds is 5. The van der Waals surface area contributed by atoms with Crippen LogP contribution in [0.4, 0.5) is 0 Å². The van der Waals surface area contributed by atoms with Crippen LogP contribution in [0.2, 0.25) is 0 Å². The molecule has 0 aromatic heterocycles. The van der Waals surface area contributed by atoms with Gasteiger partial charge in [-0.15, -0.1) is 0 Å². The summed E-state index contributed by atoms with van der Waals surface area (Å²) >= 11 is 3.39. The van der Waals surface area contributed by atoms with Crippen LogP contribution >= 0.6 is 15.9 Å². The van der Waals surface area contributed by atoms with Crippen molar-refractivity contribution in [2.45, 2.75) is 38.1 Å². The van der Waals surface area contributed by atoms with Crippen molar-refractivity contribution >= 4 is 21.8 Å². The average molecular weight is 291 g/mol. The predicted octanol–water partition coefficient (Wildman–Crippen LogP) is 2.10. The van der Waals surface area contributed by atoms with Crippen LogP contribution in [-0.4, -0.2) is 54.3 Å². The van der Waals surface area contributed by atoms with Crippen molar-refractivity contribution in [1.82, 2.24) is 9.80 Å². The highest BCUT2D eigenvalue weighted by atomic mass is 79.9. The monoisotopic (exact) mass is 290 g/mol. The zero-order valence-corrected chi connectivity index (χ0v) is 12.0. The topological polar surface area (TPSA) is 23.6 Å². The molecule has 94 valence electrons. The highest BCUT2D eigenvalue weighted by Gasteiger charge is 2.24. The van der Waals surface area contributed by atoms with Crippen LogP contribution in [0.5, 0.6) is 0 Å². The fourth-order valence-corrected chi connectivity index (χ4v) is 2.53. The number of amides is 1. The Morgan fingerprint density at radius 2 is 2.19 bits per heavy atom. The smallest absolute Gasteiger partial charge is 0.222 e. The number of carbonyl (C=O) groups excluding carboxylic acids is 1. The molecule has 0 N–H and O–H groups in total. The maximum Gasteiger partial charge on any atom is 0.222 e. The summed E-state index contributed by atoms with van der Waals surface area (Å²) in [6, 6.07) is 0.550. The van der Waals surface area contributed by atoms with Crippen LogP contribution < -0.4 is 0 Å². The molecule has 1 aliphatic heterocycles. The Hall–Kier alpha value is -0.0900. The fourth-order valence-electron chi connectivity index (χ4n) is 2.13. The SMILES string of the molecule is CN(C)C1CCCN(C(=O)CCCCBr)C1. The highest BCUT2D eigenvalue weighted by molar-refractivity contribution is 9.09. The number of hydrogen-bond donors (Lipinski definition) is 0. The van der Waals surface area contributed by atoms with Gasteiger partial charge < -0.3 is 9.80 Å². The zero-order valence-electron chi connectivity index (χ0n) is 10.4. The quantitative estimate of drug-likeness (QED) is 0.572. The number of hydrogen-bond acceptors (Lipinski definition) is 2. The molecule has 0 aliphatic carbocycles. The van der Waals surface area contributed by atoms with Gasteiger partial charge in [-0.2, -0.15) is 0 Å². The summed E-state index contributed by atoms with van der Waals surface area (Å²) in [4.78, 5) is 16.2. The number of likely N-dealkylation sites (N-methyl/N-ethyl adjacent to an activating group) is 1. The lowest BCUT2D eigenvalue weighted by Gasteiger charge is -2.36. The minimum absolute atomic E-state index is 0.340. The van der Waals surface area contributed by atoms with Crippen molar-refractivity contribution in [3.05, 3.63) is 0 Å². The molecular weight excluding hydrogens is 268 g/mol. The van der Waals surface area contributed by atoms with Gasteiger partial charge in [-0.1, -0.05) is 15.9 Å². The third kappa shape index (κ3) is 4.42. The van der Waals surface area contributed by atoms with Crippen molar-refractivity contribution in [1.29, 1.82) is 0 Å². The lowest BCUT2D eigenvalue weighted by atomic mass is 10.0. The van der Waals surface area contributed by atoms with Crippen LogP contribution in [0.1, 0.15) is 32.1 Å². The molecule has 1 rings (SSSR count). The zero-order chi connectivity index (χ0) is 12.0. The number of alkyl halides is 1. The van der Waals surface area contributed by atoms with E-state index in [1.54, 1.807) is 0 Å². The summed E-state index contributed by atoms with van der Waals surface area (Å²) in [6.07, 6.45) is 5.18. The molecule has 3 nitrogen and oxygen atoms in total. The van der Waals surface area contributed by atoms with Gasteiger partial charge in [0, 0.05) is 30.9 Å². The number of piperidine rings is 1. The Balaban J connectivity index is 2.32. The van der Waals surface area contributed by atoms with E-state index in [9.17, 15) is 4.79 Å². The lowest BCUT2D eigenvalue weighted by molar-refractivity contribution is -0.133. The van der Waals surface area contributed by atoms with Gasteiger partial charge >= 0.3 is 0 Å². The standard InChI is InChI=1S/C12H23BrN2O/c1-14(2)11-6-5-9-15(10-11)12(16)7-3-4-8-13/h11H,3-10H2,1-2H3. The molecule has 1 heterocycles. The lowest BCUT2D eigenvalue weighted by Crippen LogP contribution is -2.47. The molecule has 0 saturated carbocycles. The summed E-state index contributed by atoms with van der Waals surface area (Å²) in [7, 11) is 4.20. The maximum absolute atomic E-state index is 11.9. The van der Waals surface area contributed by atoms with Crippen molar-refractivity contribution in [3.8, 4) is 0 Å². The Morgan fingerprint density at radius 1 is 1.44 bits per heavy atom. The molecule has 16 heavy (non-hydrogen) atoms. The van der Waals surface area contributed by atoms with Crippen molar-refractivity contribution < 1.29 is 4.79 Å². The summed E-state index contributed by atoms with van der Waals surface area (Å²) in [6.45, 7) is 1.87. The van der Waals surface area contributed by atoms with Crippen LogP contribution in [-0.2, 0) is 4.79 Å². The normalized spacial score (nSPS) is 21.5. The highest BCUT2D eigenvalue weighted by Crippen LogP contribution is 2.15. The van der Waals surface area contributed by atoms with Crippen LogP contribution in [0.25, 0.3) is 0 Å². The van der Waals surface area contributed by atoms with Gasteiger partial charge in [0.2, 0.25) is 5.91 Å². The van der Waals surface area contributed by atoms with E-state index in [0.717, 1.165) is 37.7 Å². The molecule has 0 aromatic carbocycles. The molecule has 1 aliphatic rings. The molecule has 1 atom stereocenters. The second kappa shape index (κ2) is 7.28. The van der Waals surface area contributed by atoms with E-state index in [2.05, 4.69) is 34.9 Å². The molecule has 4 heteroatoms. The first-order chi connectivity index (χ1) is 7.65. The molecule has 1 amide bonds. The van der Waals surface area contributed by atoms with E-state index in [-0.39, 0.29) is 0 Å². The van der Waals surface area contributed by atoms with Gasteiger partial charge in [0.05, 0.1) is 0 Å². The van der Waals surface area contributed by atoms with Crippen LogP contribution in [0.15, 0.2) is 0 Å². The maximum atomic E-state index is 11.9. The van der Waals surface area contributed by atoms with Gasteiger partial charge in [-0.3, -0.25) is 4.79 Å². The first-order valence-electron chi connectivity index (χ1n) is 6.15. The number of likely N-dealkylation sites (tertiary alicyclic amines) is 1. The van der Waals surface area contributed by atoms with E-state index in [4.69, 9.17) is 0 Å². The van der Waals surface area contributed by atoms with Crippen molar-refractivity contribution in [2.75, 3.05) is 32.5 Å². The van der Waals surface area contributed by atoms with Gasteiger partial charge in [-0.25, -0.2) is 0 Å². The third-order valence-electron chi connectivity index (χ3n) is 3.25. The van der Waals surface area contributed by atoms with Gasteiger partial charge in [0.1, 0.15) is 0 Å². The molecular formula is C12H23BrN2O. The number of nitrogens with zero attached hydrogens (tertiary/aromatic N) is 2. The summed E-state index contributed by atoms with van der Waals surface area (Å²) in [5.41, 5.74) is 0. The molecule has 0 bridgehead atoms. The van der Waals surface area contributed by atoms with Crippen LogP contribution in [0.3, 0.4) is 0 Å². The van der Waals surface area contributed by atoms with Gasteiger partial charge in [0.25, 0.3) is 0 Å².